The molecular weight excluding hydrogens is 328 g/mol. The van der Waals surface area contributed by atoms with E-state index in [4.69, 9.17) is 9.47 Å². The lowest BCUT2D eigenvalue weighted by Crippen LogP contribution is -2.07. The Morgan fingerprint density at radius 2 is 1.04 bits per heavy atom. The van der Waals surface area contributed by atoms with E-state index in [1.165, 1.54) is 12.2 Å². The van der Waals surface area contributed by atoms with Crippen molar-refractivity contribution < 1.29 is 19.1 Å². The number of carbonyl (C=O) groups excluding carboxylic acids is 2. The molecule has 2 aromatic rings. The minimum atomic E-state index is -0.216. The summed E-state index contributed by atoms with van der Waals surface area (Å²) in [7, 11) is 0. The maximum absolute atomic E-state index is 12.5. The SMILES string of the molecule is CCOC(=C\C(=O)c1ccccc1)/C(=C/C(=O)c1ccccc1)OCC. The van der Waals surface area contributed by atoms with Gasteiger partial charge in [-0.3, -0.25) is 9.59 Å². The van der Waals surface area contributed by atoms with Crippen molar-refractivity contribution in [3.05, 3.63) is 95.5 Å². The summed E-state index contributed by atoms with van der Waals surface area (Å²) in [5.74, 6) is 0.0543. The summed E-state index contributed by atoms with van der Waals surface area (Å²) in [5.41, 5.74) is 1.07. The monoisotopic (exact) mass is 350 g/mol. The standard InChI is InChI=1S/C22H22O4/c1-3-25-21(15-19(23)17-11-7-5-8-12-17)22(26-4-2)16-20(24)18-13-9-6-10-14-18/h5-16H,3-4H2,1-2H3/b21-15-,22-16-. The number of hydrogen-bond acceptors (Lipinski definition) is 4. The molecule has 0 aliphatic heterocycles. The van der Waals surface area contributed by atoms with Gasteiger partial charge in [-0.1, -0.05) is 60.7 Å². The van der Waals surface area contributed by atoms with Crippen molar-refractivity contribution in [2.45, 2.75) is 13.8 Å². The van der Waals surface area contributed by atoms with Crippen LogP contribution in [0.4, 0.5) is 0 Å². The number of allylic oxidation sites excluding steroid dienone is 2. The molecule has 26 heavy (non-hydrogen) atoms. The second kappa shape index (κ2) is 9.99. The maximum atomic E-state index is 12.5. The fourth-order valence-corrected chi connectivity index (χ4v) is 2.29. The van der Waals surface area contributed by atoms with Crippen LogP contribution < -0.4 is 0 Å². The van der Waals surface area contributed by atoms with Gasteiger partial charge in [0.1, 0.15) is 0 Å². The van der Waals surface area contributed by atoms with E-state index < -0.39 is 0 Å². The lowest BCUT2D eigenvalue weighted by Gasteiger charge is -2.13. The van der Waals surface area contributed by atoms with Gasteiger partial charge in [0, 0.05) is 23.3 Å². The van der Waals surface area contributed by atoms with Crippen LogP contribution in [-0.4, -0.2) is 24.8 Å². The Labute approximate surface area is 153 Å². The van der Waals surface area contributed by atoms with Crippen LogP contribution in [0.5, 0.6) is 0 Å². The van der Waals surface area contributed by atoms with Crippen LogP contribution in [0, 0.1) is 0 Å². The first-order valence-electron chi connectivity index (χ1n) is 8.53. The Bertz CT molecular complexity index is 720. The molecular formula is C22H22O4. The second-order valence-corrected chi connectivity index (χ2v) is 5.34. The Kier molecular flexibility index (Phi) is 7.37. The van der Waals surface area contributed by atoms with Crippen molar-refractivity contribution >= 4 is 11.6 Å². The molecule has 0 amide bonds. The third-order valence-electron chi connectivity index (χ3n) is 3.48. The van der Waals surface area contributed by atoms with Crippen LogP contribution in [-0.2, 0) is 9.47 Å². The molecule has 0 aromatic heterocycles. The average Bonchev–Trinajstić information content (AvgIpc) is 2.68. The fourth-order valence-electron chi connectivity index (χ4n) is 2.29. The molecule has 2 rings (SSSR count). The molecule has 4 nitrogen and oxygen atoms in total. The zero-order chi connectivity index (χ0) is 18.8. The Balaban J connectivity index is 2.36. The van der Waals surface area contributed by atoms with E-state index in [0.717, 1.165) is 0 Å². The Morgan fingerprint density at radius 3 is 1.35 bits per heavy atom. The molecule has 0 saturated carbocycles. The number of benzene rings is 2. The second-order valence-electron chi connectivity index (χ2n) is 5.34. The Hall–Kier alpha value is -3.14. The molecule has 4 heteroatoms. The van der Waals surface area contributed by atoms with Crippen molar-refractivity contribution in [2.24, 2.45) is 0 Å². The molecule has 0 N–H and O–H groups in total. The van der Waals surface area contributed by atoms with Gasteiger partial charge in [0.25, 0.3) is 0 Å². The molecule has 0 fully saturated rings. The van der Waals surface area contributed by atoms with E-state index >= 15 is 0 Å². The van der Waals surface area contributed by atoms with Crippen molar-refractivity contribution in [1.29, 1.82) is 0 Å². The minimum absolute atomic E-state index is 0.216. The number of carbonyl (C=O) groups is 2. The van der Waals surface area contributed by atoms with E-state index in [0.29, 0.717) is 24.3 Å². The van der Waals surface area contributed by atoms with E-state index in [1.54, 1.807) is 48.5 Å². The summed E-state index contributed by atoms with van der Waals surface area (Å²) in [4.78, 5) is 24.9. The summed E-state index contributed by atoms with van der Waals surface area (Å²) in [6.45, 7) is 4.31. The van der Waals surface area contributed by atoms with Gasteiger partial charge in [-0.15, -0.1) is 0 Å². The fraction of sp³-hybridized carbons (Fsp3) is 0.182. The summed E-state index contributed by atoms with van der Waals surface area (Å²) < 4.78 is 11.2. The summed E-state index contributed by atoms with van der Waals surface area (Å²) in [5, 5.41) is 0. The van der Waals surface area contributed by atoms with Crippen LogP contribution in [0.3, 0.4) is 0 Å². The van der Waals surface area contributed by atoms with E-state index in [1.807, 2.05) is 26.0 Å². The first kappa shape index (κ1) is 19.2. The van der Waals surface area contributed by atoms with Crippen LogP contribution in [0.1, 0.15) is 34.6 Å². The Morgan fingerprint density at radius 1 is 0.692 bits per heavy atom. The van der Waals surface area contributed by atoms with E-state index in [9.17, 15) is 9.59 Å². The van der Waals surface area contributed by atoms with Gasteiger partial charge >= 0.3 is 0 Å². The third kappa shape index (κ3) is 5.45. The molecule has 0 heterocycles. The van der Waals surface area contributed by atoms with Gasteiger partial charge < -0.3 is 9.47 Å². The van der Waals surface area contributed by atoms with Crippen molar-refractivity contribution in [3.63, 3.8) is 0 Å². The maximum Gasteiger partial charge on any atom is 0.189 e. The summed E-state index contributed by atoms with van der Waals surface area (Å²) in [6, 6.07) is 17.7. The van der Waals surface area contributed by atoms with Gasteiger partial charge in [-0.2, -0.15) is 0 Å². The molecule has 0 unspecified atom stereocenters. The van der Waals surface area contributed by atoms with Gasteiger partial charge in [0.15, 0.2) is 23.1 Å². The third-order valence-corrected chi connectivity index (χ3v) is 3.48. The molecule has 0 saturated heterocycles. The molecule has 0 aliphatic carbocycles. The molecule has 0 atom stereocenters. The van der Waals surface area contributed by atoms with Crippen LogP contribution in [0.25, 0.3) is 0 Å². The first-order valence-corrected chi connectivity index (χ1v) is 8.53. The van der Waals surface area contributed by atoms with Crippen molar-refractivity contribution in [1.82, 2.24) is 0 Å². The van der Waals surface area contributed by atoms with E-state index in [2.05, 4.69) is 0 Å². The van der Waals surface area contributed by atoms with Gasteiger partial charge in [-0.05, 0) is 13.8 Å². The molecule has 0 spiro atoms. The topological polar surface area (TPSA) is 52.6 Å². The van der Waals surface area contributed by atoms with E-state index in [-0.39, 0.29) is 23.1 Å². The predicted octanol–water partition coefficient (Wildman–Crippen LogP) is 4.59. The summed E-state index contributed by atoms with van der Waals surface area (Å²) >= 11 is 0. The quantitative estimate of drug-likeness (QED) is 0.287. The highest BCUT2D eigenvalue weighted by molar-refractivity contribution is 6.06. The first-order chi connectivity index (χ1) is 12.7. The highest BCUT2D eigenvalue weighted by Crippen LogP contribution is 2.17. The number of hydrogen-bond donors (Lipinski definition) is 0. The van der Waals surface area contributed by atoms with Crippen LogP contribution >= 0.6 is 0 Å². The molecule has 0 aliphatic rings. The highest BCUT2D eigenvalue weighted by Gasteiger charge is 2.14. The summed E-state index contributed by atoms with van der Waals surface area (Å²) in [6.07, 6.45) is 2.72. The minimum Gasteiger partial charge on any atom is -0.490 e. The number of ether oxygens (including phenoxy) is 2. The van der Waals surface area contributed by atoms with Crippen molar-refractivity contribution in [3.8, 4) is 0 Å². The number of rotatable bonds is 9. The lowest BCUT2D eigenvalue weighted by molar-refractivity contribution is 0.101. The van der Waals surface area contributed by atoms with Crippen LogP contribution in [0.2, 0.25) is 0 Å². The van der Waals surface area contributed by atoms with Gasteiger partial charge in [0.05, 0.1) is 13.2 Å². The smallest absolute Gasteiger partial charge is 0.189 e. The molecule has 2 aromatic carbocycles. The normalized spacial score (nSPS) is 11.8. The zero-order valence-electron chi connectivity index (χ0n) is 15.0. The van der Waals surface area contributed by atoms with Gasteiger partial charge in [0.2, 0.25) is 0 Å². The number of ketones is 2. The lowest BCUT2D eigenvalue weighted by atomic mass is 10.1. The average molecular weight is 350 g/mol. The molecule has 0 radical (unpaired) electrons. The van der Waals surface area contributed by atoms with Gasteiger partial charge in [-0.25, -0.2) is 0 Å². The zero-order valence-corrected chi connectivity index (χ0v) is 15.0. The van der Waals surface area contributed by atoms with Crippen LogP contribution in [0.15, 0.2) is 84.3 Å². The largest absolute Gasteiger partial charge is 0.490 e. The molecule has 0 bridgehead atoms. The van der Waals surface area contributed by atoms with Crippen molar-refractivity contribution in [2.75, 3.05) is 13.2 Å². The highest BCUT2D eigenvalue weighted by atomic mass is 16.5. The predicted molar refractivity (Wildman–Crippen MR) is 101 cm³/mol. The molecule has 134 valence electrons.